The number of nitrogens with two attached hydrogens (primary N) is 1. The maximum atomic E-state index is 12.2. The summed E-state index contributed by atoms with van der Waals surface area (Å²) in [5, 5.41) is 3.55. The number of primary amides is 1. The highest BCUT2D eigenvalue weighted by molar-refractivity contribution is 14.1. The van der Waals surface area contributed by atoms with E-state index >= 15 is 0 Å². The second-order valence-electron chi connectivity index (χ2n) is 8.52. The van der Waals surface area contributed by atoms with Gasteiger partial charge in [0.25, 0.3) is 5.91 Å². The van der Waals surface area contributed by atoms with Crippen LogP contribution < -0.4 is 16.0 Å². The molecule has 2 amide bonds. The van der Waals surface area contributed by atoms with E-state index in [1.807, 2.05) is 67.6 Å². The summed E-state index contributed by atoms with van der Waals surface area (Å²) < 4.78 is 7.73. The summed E-state index contributed by atoms with van der Waals surface area (Å²) in [6.07, 6.45) is 1.26. The van der Waals surface area contributed by atoms with Crippen LogP contribution in [-0.4, -0.2) is 46.3 Å². The molecule has 3 rings (SSSR count). The Morgan fingerprint density at radius 3 is 2.71 bits per heavy atom. The molecule has 1 fully saturated rings. The number of carbonyl (C=O) groups excluding carboxylic acids is 2. The van der Waals surface area contributed by atoms with Crippen LogP contribution in [0.3, 0.4) is 0 Å². The number of hydrogen-bond acceptors (Lipinski definition) is 5. The lowest BCUT2D eigenvalue weighted by Crippen LogP contribution is -2.49. The first-order valence-corrected chi connectivity index (χ1v) is 11.5. The number of aromatic nitrogens is 2. The number of anilines is 1. The van der Waals surface area contributed by atoms with Gasteiger partial charge in [-0.25, -0.2) is 9.78 Å². The fourth-order valence-corrected chi connectivity index (χ4v) is 4.55. The number of rotatable bonds is 5. The number of hydrogen-bond donors (Lipinski definition) is 2. The summed E-state index contributed by atoms with van der Waals surface area (Å²) >= 11 is 8.38. The van der Waals surface area contributed by atoms with Crippen LogP contribution in [0.2, 0.25) is 5.02 Å². The van der Waals surface area contributed by atoms with Crippen molar-refractivity contribution >= 4 is 52.1 Å². The summed E-state index contributed by atoms with van der Waals surface area (Å²) in [5.74, 6) is 0.0875. The van der Waals surface area contributed by atoms with Gasteiger partial charge in [0.15, 0.2) is 0 Å². The number of halogens is 2. The predicted octanol–water partition coefficient (Wildman–Crippen LogP) is 3.78. The molecule has 10 heteroatoms. The van der Waals surface area contributed by atoms with Gasteiger partial charge in [-0.15, -0.1) is 0 Å². The minimum absolute atomic E-state index is 0.0937. The van der Waals surface area contributed by atoms with E-state index in [4.69, 9.17) is 22.1 Å². The lowest BCUT2D eigenvalue weighted by Gasteiger charge is -2.34. The van der Waals surface area contributed by atoms with Gasteiger partial charge in [-0.05, 0) is 67.8 Å². The number of carbonyl (C=O) groups is 2. The molecule has 0 aliphatic carbocycles. The van der Waals surface area contributed by atoms with Crippen molar-refractivity contribution < 1.29 is 14.3 Å². The summed E-state index contributed by atoms with van der Waals surface area (Å²) in [6.45, 7) is 7.16. The Balaban J connectivity index is 1.86. The van der Waals surface area contributed by atoms with Crippen molar-refractivity contribution in [1.82, 2.24) is 14.9 Å². The molecule has 0 bridgehead atoms. The van der Waals surface area contributed by atoms with Gasteiger partial charge in [0.05, 0.1) is 6.54 Å². The van der Waals surface area contributed by atoms with E-state index in [0.717, 1.165) is 24.9 Å². The standard InChI is InChI=1S/C21H27ClIN5O3/c1-21(2,3)31-20(30)25-14-8-6-10-27(12-14)19-26-17(23)16(18(24)29)28(19)11-13-7-4-5-9-15(13)22/h4-5,7,9,14H,6,8,10-12H2,1-3H3,(H2,24,29)(H,25,30)/t14-/m1/s1. The molecule has 0 spiro atoms. The van der Waals surface area contributed by atoms with Crippen LogP contribution in [-0.2, 0) is 11.3 Å². The lowest BCUT2D eigenvalue weighted by molar-refractivity contribution is 0.0499. The molecule has 168 valence electrons. The maximum Gasteiger partial charge on any atom is 0.407 e. The van der Waals surface area contributed by atoms with Crippen molar-refractivity contribution in [3.63, 3.8) is 0 Å². The molecule has 1 saturated heterocycles. The summed E-state index contributed by atoms with van der Waals surface area (Å²) in [6, 6.07) is 7.38. The SMILES string of the molecule is CC(C)(C)OC(=O)N[C@@H]1CCCN(c2nc(I)c(C(N)=O)n2Cc2ccccc2Cl)C1. The van der Waals surface area contributed by atoms with Crippen LogP contribution in [0, 0.1) is 3.70 Å². The molecule has 1 atom stereocenters. The Morgan fingerprint density at radius 1 is 1.35 bits per heavy atom. The largest absolute Gasteiger partial charge is 0.444 e. The van der Waals surface area contributed by atoms with Crippen LogP contribution >= 0.6 is 34.2 Å². The highest BCUT2D eigenvalue weighted by Gasteiger charge is 2.29. The third-order valence-electron chi connectivity index (χ3n) is 4.85. The van der Waals surface area contributed by atoms with Crippen molar-refractivity contribution in [1.29, 1.82) is 0 Å². The van der Waals surface area contributed by atoms with Gasteiger partial charge >= 0.3 is 6.09 Å². The van der Waals surface area contributed by atoms with Gasteiger partial charge in [0, 0.05) is 24.2 Å². The van der Waals surface area contributed by atoms with Gasteiger partial charge < -0.3 is 25.3 Å². The van der Waals surface area contributed by atoms with Gasteiger partial charge in [0.2, 0.25) is 5.95 Å². The molecule has 2 heterocycles. The molecule has 0 radical (unpaired) electrons. The Labute approximate surface area is 200 Å². The van der Waals surface area contributed by atoms with Crippen LogP contribution in [0.25, 0.3) is 0 Å². The summed E-state index contributed by atoms with van der Waals surface area (Å²) in [5.41, 5.74) is 6.32. The molecule has 0 unspecified atom stereocenters. The zero-order chi connectivity index (χ0) is 22.8. The Hall–Kier alpha value is -2.01. The quantitative estimate of drug-likeness (QED) is 0.543. The van der Waals surface area contributed by atoms with Crippen molar-refractivity contribution in [3.05, 3.63) is 44.2 Å². The van der Waals surface area contributed by atoms with E-state index in [1.165, 1.54) is 0 Å². The molecule has 1 aromatic carbocycles. The lowest BCUT2D eigenvalue weighted by atomic mass is 10.1. The summed E-state index contributed by atoms with van der Waals surface area (Å²) in [4.78, 5) is 31.1. The minimum atomic E-state index is -0.559. The Kier molecular flexibility index (Phi) is 7.35. The van der Waals surface area contributed by atoms with E-state index in [2.05, 4.69) is 15.2 Å². The number of benzene rings is 1. The maximum absolute atomic E-state index is 12.2. The zero-order valence-electron chi connectivity index (χ0n) is 17.8. The molecule has 8 nitrogen and oxygen atoms in total. The van der Waals surface area contributed by atoms with Crippen molar-refractivity contribution in [3.8, 4) is 0 Å². The first-order valence-electron chi connectivity index (χ1n) is 10.1. The summed E-state index contributed by atoms with van der Waals surface area (Å²) in [7, 11) is 0. The normalized spacial score (nSPS) is 16.8. The number of piperidine rings is 1. The van der Waals surface area contributed by atoms with Crippen molar-refractivity contribution in [2.75, 3.05) is 18.0 Å². The molecule has 2 aromatic rings. The average Bonchev–Trinajstić information content (AvgIpc) is 2.98. The van der Waals surface area contributed by atoms with E-state index in [-0.39, 0.29) is 6.04 Å². The van der Waals surface area contributed by atoms with E-state index in [9.17, 15) is 9.59 Å². The smallest absolute Gasteiger partial charge is 0.407 e. The van der Waals surface area contributed by atoms with Crippen molar-refractivity contribution in [2.45, 2.75) is 51.8 Å². The highest BCUT2D eigenvalue weighted by atomic mass is 127. The third kappa shape index (κ3) is 6.03. The van der Waals surface area contributed by atoms with Gasteiger partial charge in [-0.1, -0.05) is 29.8 Å². The van der Waals surface area contributed by atoms with Crippen LogP contribution in [0.15, 0.2) is 24.3 Å². The average molecular weight is 560 g/mol. The van der Waals surface area contributed by atoms with Gasteiger partial charge in [0.1, 0.15) is 15.0 Å². The molecule has 1 aromatic heterocycles. The molecule has 1 aliphatic rings. The van der Waals surface area contributed by atoms with Gasteiger partial charge in [-0.3, -0.25) is 4.79 Å². The molecular formula is C21H27ClIN5O3. The first-order chi connectivity index (χ1) is 14.5. The Morgan fingerprint density at radius 2 is 2.06 bits per heavy atom. The van der Waals surface area contributed by atoms with E-state index < -0.39 is 17.6 Å². The number of alkyl carbamates (subject to hydrolysis) is 1. The van der Waals surface area contributed by atoms with Crippen LogP contribution in [0.1, 0.15) is 49.7 Å². The first kappa shape index (κ1) is 23.6. The van der Waals surface area contributed by atoms with Gasteiger partial charge in [-0.2, -0.15) is 0 Å². The number of imidazole rings is 1. The highest BCUT2D eigenvalue weighted by Crippen LogP contribution is 2.27. The minimum Gasteiger partial charge on any atom is -0.444 e. The number of nitrogens with one attached hydrogen (secondary N) is 1. The number of amides is 2. The van der Waals surface area contributed by atoms with Crippen LogP contribution in [0.4, 0.5) is 10.7 Å². The monoisotopic (exact) mass is 559 g/mol. The molecular weight excluding hydrogens is 533 g/mol. The molecule has 1 aliphatic heterocycles. The predicted molar refractivity (Wildman–Crippen MR) is 129 cm³/mol. The molecule has 3 N–H and O–H groups in total. The zero-order valence-corrected chi connectivity index (χ0v) is 20.7. The van der Waals surface area contributed by atoms with Crippen LogP contribution in [0.5, 0.6) is 0 Å². The molecule has 0 saturated carbocycles. The number of ether oxygens (including phenoxy) is 1. The second kappa shape index (κ2) is 9.64. The fraction of sp³-hybridized carbons (Fsp3) is 0.476. The fourth-order valence-electron chi connectivity index (χ4n) is 3.59. The second-order valence-corrected chi connectivity index (χ2v) is 9.95. The Bertz CT molecular complexity index is 972. The number of nitrogens with zero attached hydrogens (tertiary/aromatic N) is 3. The van der Waals surface area contributed by atoms with Crippen molar-refractivity contribution in [2.24, 2.45) is 5.73 Å². The third-order valence-corrected chi connectivity index (χ3v) is 5.97. The van der Waals surface area contributed by atoms with E-state index in [0.29, 0.717) is 33.5 Å². The topological polar surface area (TPSA) is 102 Å². The van der Waals surface area contributed by atoms with E-state index in [1.54, 1.807) is 4.57 Å². The molecule has 31 heavy (non-hydrogen) atoms.